The molecule has 1 aromatic carbocycles. The third kappa shape index (κ3) is 6.92. The number of nitrogens with one attached hydrogen (secondary N) is 1. The van der Waals surface area contributed by atoms with Crippen LogP contribution >= 0.6 is 15.9 Å². The van der Waals surface area contributed by atoms with Crippen LogP contribution in [0.5, 0.6) is 5.75 Å². The van der Waals surface area contributed by atoms with Gasteiger partial charge in [-0.1, -0.05) is 36.7 Å². The zero-order valence-electron chi connectivity index (χ0n) is 14.5. The molecule has 0 saturated heterocycles. The highest BCUT2D eigenvalue weighted by atomic mass is 79.9. The number of hydrogen-bond donors (Lipinski definition) is 1. The van der Waals surface area contributed by atoms with Crippen molar-refractivity contribution >= 4 is 27.5 Å². The molecule has 0 spiro atoms. The zero-order valence-corrected chi connectivity index (χ0v) is 16.1. The lowest BCUT2D eigenvalue weighted by molar-refractivity contribution is -0.141. The van der Waals surface area contributed by atoms with Gasteiger partial charge in [0.25, 0.3) is 5.91 Å². The van der Waals surface area contributed by atoms with E-state index in [0.717, 1.165) is 23.2 Å². The lowest BCUT2D eigenvalue weighted by atomic mass is 9.93. The second kappa shape index (κ2) is 9.93. The normalized spacial score (nSPS) is 13.7. The zero-order chi connectivity index (χ0) is 17.3. The number of hydrogen-bond acceptors (Lipinski definition) is 3. The maximum absolute atomic E-state index is 12.7. The van der Waals surface area contributed by atoms with Crippen LogP contribution in [0.25, 0.3) is 0 Å². The maximum Gasteiger partial charge on any atom is 0.256 e. The van der Waals surface area contributed by atoms with Crippen molar-refractivity contribution in [1.29, 1.82) is 0 Å². The Balaban J connectivity index is 2.73. The van der Waals surface area contributed by atoms with E-state index in [2.05, 4.69) is 35.1 Å². The van der Waals surface area contributed by atoms with Crippen molar-refractivity contribution in [3.63, 3.8) is 0 Å². The second-order valence-electron chi connectivity index (χ2n) is 6.19. The monoisotopic (exact) mass is 385 g/mol. The van der Waals surface area contributed by atoms with Gasteiger partial charge in [0.05, 0.1) is 6.61 Å². The van der Waals surface area contributed by atoms with Crippen LogP contribution in [0, 0.1) is 5.92 Å². The van der Waals surface area contributed by atoms with Gasteiger partial charge in [0.1, 0.15) is 11.4 Å². The van der Waals surface area contributed by atoms with Gasteiger partial charge in [0, 0.05) is 17.6 Å². The summed E-state index contributed by atoms with van der Waals surface area (Å²) < 4.78 is 11.4. The van der Waals surface area contributed by atoms with E-state index in [-0.39, 0.29) is 5.91 Å². The molecule has 0 bridgehead atoms. The van der Waals surface area contributed by atoms with Gasteiger partial charge in [-0.3, -0.25) is 4.79 Å². The highest BCUT2D eigenvalue weighted by molar-refractivity contribution is 9.09. The smallest absolute Gasteiger partial charge is 0.256 e. The Morgan fingerprint density at radius 3 is 2.43 bits per heavy atom. The number of carbonyl (C=O) groups excluding carboxylic acids is 1. The SMILES string of the molecule is CCCOC(C)(CC(C)C)C(=O)Nc1ccc(OCCBr)cc1. The van der Waals surface area contributed by atoms with Crippen molar-refractivity contribution in [3.05, 3.63) is 24.3 Å². The molecule has 0 saturated carbocycles. The number of anilines is 1. The molecule has 4 nitrogen and oxygen atoms in total. The van der Waals surface area contributed by atoms with Crippen molar-refractivity contribution in [2.24, 2.45) is 5.92 Å². The minimum atomic E-state index is -0.810. The number of benzene rings is 1. The third-order valence-electron chi connectivity index (χ3n) is 3.36. The Kier molecular flexibility index (Phi) is 8.63. The first-order chi connectivity index (χ1) is 10.9. The van der Waals surface area contributed by atoms with E-state index in [1.54, 1.807) is 0 Å². The first-order valence-corrected chi connectivity index (χ1v) is 9.27. The van der Waals surface area contributed by atoms with Crippen LogP contribution in [0.15, 0.2) is 24.3 Å². The van der Waals surface area contributed by atoms with Gasteiger partial charge in [-0.05, 0) is 49.9 Å². The van der Waals surface area contributed by atoms with E-state index in [1.165, 1.54) is 0 Å². The van der Waals surface area contributed by atoms with Crippen LogP contribution < -0.4 is 10.1 Å². The number of amides is 1. The van der Waals surface area contributed by atoms with E-state index in [1.807, 2.05) is 38.1 Å². The third-order valence-corrected chi connectivity index (χ3v) is 3.68. The molecule has 1 unspecified atom stereocenters. The number of carbonyl (C=O) groups is 1. The molecule has 1 amide bonds. The predicted octanol–water partition coefficient (Wildman–Crippen LogP) is 4.63. The van der Waals surface area contributed by atoms with Crippen LogP contribution in [0.4, 0.5) is 5.69 Å². The molecule has 5 heteroatoms. The van der Waals surface area contributed by atoms with Crippen LogP contribution in [0.1, 0.15) is 40.5 Å². The Bertz CT molecular complexity index is 476. The summed E-state index contributed by atoms with van der Waals surface area (Å²) >= 11 is 3.32. The molecule has 1 aromatic rings. The Labute approximate surface area is 148 Å². The average molecular weight is 386 g/mol. The quantitative estimate of drug-likeness (QED) is 0.597. The molecule has 1 rings (SSSR count). The Morgan fingerprint density at radius 2 is 1.91 bits per heavy atom. The molecule has 0 radical (unpaired) electrons. The van der Waals surface area contributed by atoms with Crippen LogP contribution in [-0.4, -0.2) is 30.1 Å². The van der Waals surface area contributed by atoms with Crippen LogP contribution in [0.3, 0.4) is 0 Å². The summed E-state index contributed by atoms with van der Waals surface area (Å²) in [6.45, 7) is 9.29. The van der Waals surface area contributed by atoms with Crippen molar-refractivity contribution in [1.82, 2.24) is 0 Å². The van der Waals surface area contributed by atoms with Gasteiger partial charge in [0.2, 0.25) is 0 Å². The summed E-state index contributed by atoms with van der Waals surface area (Å²) in [7, 11) is 0. The number of rotatable bonds is 10. The topological polar surface area (TPSA) is 47.6 Å². The van der Waals surface area contributed by atoms with Gasteiger partial charge in [-0.25, -0.2) is 0 Å². The fraction of sp³-hybridized carbons (Fsp3) is 0.611. The van der Waals surface area contributed by atoms with Gasteiger partial charge in [-0.15, -0.1) is 0 Å². The summed E-state index contributed by atoms with van der Waals surface area (Å²) in [5, 5.41) is 3.74. The Morgan fingerprint density at radius 1 is 1.26 bits per heavy atom. The molecule has 0 aliphatic rings. The largest absolute Gasteiger partial charge is 0.493 e. The predicted molar refractivity (Wildman–Crippen MR) is 98.5 cm³/mol. The summed E-state index contributed by atoms with van der Waals surface area (Å²) in [6, 6.07) is 7.39. The van der Waals surface area contributed by atoms with Gasteiger partial charge in [0.15, 0.2) is 0 Å². The maximum atomic E-state index is 12.7. The van der Waals surface area contributed by atoms with Crippen molar-refractivity contribution < 1.29 is 14.3 Å². The number of alkyl halides is 1. The molecule has 130 valence electrons. The lowest BCUT2D eigenvalue weighted by Crippen LogP contribution is -2.44. The first kappa shape index (κ1) is 20.0. The van der Waals surface area contributed by atoms with Gasteiger partial charge < -0.3 is 14.8 Å². The lowest BCUT2D eigenvalue weighted by Gasteiger charge is -2.30. The van der Waals surface area contributed by atoms with Crippen molar-refractivity contribution in [3.8, 4) is 5.75 Å². The van der Waals surface area contributed by atoms with E-state index in [0.29, 0.717) is 25.6 Å². The minimum Gasteiger partial charge on any atom is -0.493 e. The van der Waals surface area contributed by atoms with Gasteiger partial charge >= 0.3 is 0 Å². The van der Waals surface area contributed by atoms with Gasteiger partial charge in [-0.2, -0.15) is 0 Å². The summed E-state index contributed by atoms with van der Waals surface area (Å²) in [6.07, 6.45) is 1.58. The molecule has 0 aliphatic carbocycles. The molecular formula is C18H28BrNO3. The molecule has 0 fully saturated rings. The molecule has 1 atom stereocenters. The molecule has 0 heterocycles. The molecule has 0 aromatic heterocycles. The van der Waals surface area contributed by atoms with E-state index in [4.69, 9.17) is 9.47 Å². The number of halogens is 1. The second-order valence-corrected chi connectivity index (χ2v) is 6.99. The van der Waals surface area contributed by atoms with E-state index < -0.39 is 5.60 Å². The molecular weight excluding hydrogens is 358 g/mol. The first-order valence-electron chi connectivity index (χ1n) is 8.15. The molecule has 1 N–H and O–H groups in total. The summed E-state index contributed by atoms with van der Waals surface area (Å²) in [5.41, 5.74) is -0.0637. The molecule has 0 aliphatic heterocycles. The van der Waals surface area contributed by atoms with E-state index >= 15 is 0 Å². The average Bonchev–Trinajstić information content (AvgIpc) is 2.51. The van der Waals surface area contributed by atoms with Crippen LogP contribution in [-0.2, 0) is 9.53 Å². The molecule has 23 heavy (non-hydrogen) atoms. The van der Waals surface area contributed by atoms with E-state index in [9.17, 15) is 4.79 Å². The minimum absolute atomic E-state index is 0.103. The van der Waals surface area contributed by atoms with Crippen molar-refractivity contribution in [2.75, 3.05) is 23.9 Å². The highest BCUT2D eigenvalue weighted by Crippen LogP contribution is 2.24. The summed E-state index contributed by atoms with van der Waals surface area (Å²) in [5.74, 6) is 1.06. The van der Waals surface area contributed by atoms with Crippen molar-refractivity contribution in [2.45, 2.75) is 46.1 Å². The fourth-order valence-electron chi connectivity index (χ4n) is 2.38. The summed E-state index contributed by atoms with van der Waals surface area (Å²) in [4.78, 5) is 12.7. The number of ether oxygens (including phenoxy) is 2. The Hall–Kier alpha value is -1.07. The van der Waals surface area contributed by atoms with Crippen LogP contribution in [0.2, 0.25) is 0 Å². The highest BCUT2D eigenvalue weighted by Gasteiger charge is 2.34. The fourth-order valence-corrected chi connectivity index (χ4v) is 2.54. The standard InChI is InChI=1S/C18H28BrNO3/c1-5-11-23-18(4,13-14(2)3)17(21)20-15-6-8-16(9-7-15)22-12-10-19/h6-9,14H,5,10-13H2,1-4H3,(H,20,21).